The highest BCUT2D eigenvalue weighted by molar-refractivity contribution is 5.93. The number of nitrogens with two attached hydrogens (primary N) is 1. The second kappa shape index (κ2) is 5.97. The number of esters is 1. The Hall–Kier alpha value is -2.34. The first-order valence-corrected chi connectivity index (χ1v) is 6.47. The molecule has 2 aromatic rings. The lowest BCUT2D eigenvalue weighted by Gasteiger charge is -2.20. The van der Waals surface area contributed by atoms with Gasteiger partial charge in [-0.25, -0.2) is 4.79 Å². The van der Waals surface area contributed by atoms with E-state index in [9.17, 15) is 4.79 Å². The molecule has 0 aliphatic carbocycles. The molecule has 0 amide bonds. The molecule has 0 bridgehead atoms. The second-order valence-electron chi connectivity index (χ2n) is 5.29. The zero-order valence-electron chi connectivity index (χ0n) is 12.3. The van der Waals surface area contributed by atoms with E-state index < -0.39 is 11.4 Å². The van der Waals surface area contributed by atoms with Gasteiger partial charge in [-0.2, -0.15) is 0 Å². The van der Waals surface area contributed by atoms with Crippen molar-refractivity contribution in [2.24, 2.45) is 0 Å². The summed E-state index contributed by atoms with van der Waals surface area (Å²) in [5, 5.41) is 3.89. The summed E-state index contributed by atoms with van der Waals surface area (Å²) in [7, 11) is 1.59. The fourth-order valence-electron chi connectivity index (χ4n) is 2.00. The fraction of sp³-hybridized carbons (Fsp3) is 0.333. The standard InChI is InChI=1S/C15H18N2O4/c1-15(2,9-19-3)13-11(16)12(21-17-13)14(18)20-10-7-5-4-6-8-10/h4-8H,9,16H2,1-3H3. The Labute approximate surface area is 122 Å². The molecule has 0 saturated carbocycles. The Morgan fingerprint density at radius 1 is 1.33 bits per heavy atom. The Morgan fingerprint density at radius 2 is 2.00 bits per heavy atom. The number of hydrogen-bond donors (Lipinski definition) is 1. The fourth-order valence-corrected chi connectivity index (χ4v) is 2.00. The number of nitrogen functional groups attached to an aromatic ring is 1. The monoisotopic (exact) mass is 290 g/mol. The van der Waals surface area contributed by atoms with Crippen molar-refractivity contribution in [2.45, 2.75) is 19.3 Å². The van der Waals surface area contributed by atoms with Gasteiger partial charge in [-0.1, -0.05) is 37.2 Å². The molecule has 1 heterocycles. The SMILES string of the molecule is COCC(C)(C)c1noc(C(=O)Oc2ccccc2)c1N. The number of carbonyl (C=O) groups is 1. The molecular formula is C15H18N2O4. The van der Waals surface area contributed by atoms with Gasteiger partial charge in [-0.3, -0.25) is 0 Å². The van der Waals surface area contributed by atoms with E-state index in [0.717, 1.165) is 0 Å². The molecular weight excluding hydrogens is 272 g/mol. The summed E-state index contributed by atoms with van der Waals surface area (Å²) in [6, 6.07) is 8.69. The maximum Gasteiger partial charge on any atom is 0.384 e. The van der Waals surface area contributed by atoms with Crippen LogP contribution in [0.4, 0.5) is 5.69 Å². The van der Waals surface area contributed by atoms with Gasteiger partial charge >= 0.3 is 5.97 Å². The van der Waals surface area contributed by atoms with Crippen LogP contribution in [0.15, 0.2) is 34.9 Å². The van der Waals surface area contributed by atoms with Crippen LogP contribution >= 0.6 is 0 Å². The normalized spacial score (nSPS) is 11.4. The smallest absolute Gasteiger partial charge is 0.384 e. The van der Waals surface area contributed by atoms with E-state index in [1.165, 1.54) is 0 Å². The van der Waals surface area contributed by atoms with Crippen LogP contribution in [0.5, 0.6) is 5.75 Å². The van der Waals surface area contributed by atoms with Gasteiger partial charge < -0.3 is 19.7 Å². The summed E-state index contributed by atoms with van der Waals surface area (Å²) in [6.07, 6.45) is 0. The maximum atomic E-state index is 12.1. The minimum atomic E-state index is -0.675. The molecule has 6 nitrogen and oxygen atoms in total. The van der Waals surface area contributed by atoms with Crippen LogP contribution < -0.4 is 10.5 Å². The number of rotatable bonds is 5. The molecule has 0 fully saturated rings. The lowest BCUT2D eigenvalue weighted by atomic mass is 9.89. The molecule has 0 aliphatic rings. The van der Waals surface area contributed by atoms with Crippen molar-refractivity contribution in [3.05, 3.63) is 41.8 Å². The Bertz CT molecular complexity index is 620. The molecule has 1 aromatic carbocycles. The average molecular weight is 290 g/mol. The van der Waals surface area contributed by atoms with Crippen LogP contribution in [-0.2, 0) is 10.2 Å². The van der Waals surface area contributed by atoms with Gasteiger partial charge in [0.25, 0.3) is 5.76 Å². The largest absolute Gasteiger partial charge is 0.421 e. The van der Waals surface area contributed by atoms with E-state index >= 15 is 0 Å². The van der Waals surface area contributed by atoms with Crippen LogP contribution in [0.3, 0.4) is 0 Å². The number of para-hydroxylation sites is 1. The van der Waals surface area contributed by atoms with Gasteiger partial charge in [0.15, 0.2) is 0 Å². The first-order chi connectivity index (χ1) is 9.95. The summed E-state index contributed by atoms with van der Waals surface area (Å²) >= 11 is 0. The van der Waals surface area contributed by atoms with E-state index in [-0.39, 0.29) is 11.4 Å². The maximum absolute atomic E-state index is 12.1. The number of aromatic nitrogens is 1. The summed E-state index contributed by atoms with van der Waals surface area (Å²) < 4.78 is 15.4. The first kappa shape index (κ1) is 15.1. The number of anilines is 1. The molecule has 2 rings (SSSR count). The lowest BCUT2D eigenvalue weighted by molar-refractivity contribution is 0.0692. The first-order valence-electron chi connectivity index (χ1n) is 6.47. The summed E-state index contributed by atoms with van der Waals surface area (Å²) in [5.74, 6) is -0.361. The zero-order chi connectivity index (χ0) is 15.5. The number of ether oxygens (including phenoxy) is 2. The van der Waals surface area contributed by atoms with E-state index in [2.05, 4.69) is 5.16 Å². The molecule has 0 radical (unpaired) electrons. The van der Waals surface area contributed by atoms with Crippen LogP contribution in [-0.4, -0.2) is 24.8 Å². The molecule has 0 spiro atoms. The third-order valence-electron chi connectivity index (χ3n) is 3.01. The van der Waals surface area contributed by atoms with E-state index in [1.807, 2.05) is 19.9 Å². The highest BCUT2D eigenvalue weighted by atomic mass is 16.6. The van der Waals surface area contributed by atoms with Crippen LogP contribution in [0, 0.1) is 0 Å². The Balaban J connectivity index is 2.22. The minimum absolute atomic E-state index is 0.0990. The highest BCUT2D eigenvalue weighted by Gasteiger charge is 2.32. The predicted octanol–water partition coefficient (Wildman–Crippen LogP) is 2.40. The molecule has 21 heavy (non-hydrogen) atoms. The van der Waals surface area contributed by atoms with Crippen LogP contribution in [0.1, 0.15) is 30.1 Å². The van der Waals surface area contributed by atoms with Gasteiger partial charge in [0.2, 0.25) is 0 Å². The van der Waals surface area contributed by atoms with Crippen LogP contribution in [0.25, 0.3) is 0 Å². The Kier molecular flexibility index (Phi) is 4.28. The van der Waals surface area contributed by atoms with Gasteiger partial charge in [0, 0.05) is 12.5 Å². The molecule has 112 valence electrons. The third kappa shape index (κ3) is 3.22. The summed E-state index contributed by atoms with van der Waals surface area (Å²) in [6.45, 7) is 4.20. The number of benzene rings is 1. The van der Waals surface area contributed by atoms with Crippen molar-refractivity contribution in [3.8, 4) is 5.75 Å². The zero-order valence-corrected chi connectivity index (χ0v) is 12.3. The third-order valence-corrected chi connectivity index (χ3v) is 3.01. The van der Waals surface area contributed by atoms with Crippen molar-refractivity contribution in [3.63, 3.8) is 0 Å². The van der Waals surface area contributed by atoms with Gasteiger partial charge in [-0.15, -0.1) is 0 Å². The topological polar surface area (TPSA) is 87.6 Å². The molecule has 0 atom stereocenters. The van der Waals surface area contributed by atoms with Crippen molar-refractivity contribution in [1.82, 2.24) is 5.16 Å². The molecule has 0 saturated heterocycles. The summed E-state index contributed by atoms with van der Waals surface area (Å²) in [4.78, 5) is 12.1. The van der Waals surface area contributed by atoms with E-state index in [4.69, 9.17) is 19.7 Å². The van der Waals surface area contributed by atoms with Crippen LogP contribution in [0.2, 0.25) is 0 Å². The number of methoxy groups -OCH3 is 1. The molecule has 1 aromatic heterocycles. The Morgan fingerprint density at radius 3 is 2.62 bits per heavy atom. The van der Waals surface area contributed by atoms with Gasteiger partial charge in [0.1, 0.15) is 17.1 Å². The summed E-state index contributed by atoms with van der Waals surface area (Å²) in [5.41, 5.74) is 6.15. The van der Waals surface area contributed by atoms with Gasteiger partial charge in [-0.05, 0) is 12.1 Å². The molecule has 0 unspecified atom stereocenters. The van der Waals surface area contributed by atoms with Gasteiger partial charge in [0.05, 0.1) is 6.61 Å². The average Bonchev–Trinajstić information content (AvgIpc) is 2.82. The molecule has 2 N–H and O–H groups in total. The van der Waals surface area contributed by atoms with Crippen molar-refractivity contribution in [1.29, 1.82) is 0 Å². The van der Waals surface area contributed by atoms with Crippen molar-refractivity contribution < 1.29 is 18.8 Å². The minimum Gasteiger partial charge on any atom is -0.421 e. The molecule has 6 heteroatoms. The number of hydrogen-bond acceptors (Lipinski definition) is 6. The lowest BCUT2D eigenvalue weighted by Crippen LogP contribution is -2.25. The number of carbonyl (C=O) groups excluding carboxylic acids is 1. The van der Waals surface area contributed by atoms with Crippen molar-refractivity contribution >= 4 is 11.7 Å². The molecule has 0 aliphatic heterocycles. The number of nitrogens with zero attached hydrogens (tertiary/aromatic N) is 1. The van der Waals surface area contributed by atoms with E-state index in [1.54, 1.807) is 31.4 Å². The van der Waals surface area contributed by atoms with E-state index in [0.29, 0.717) is 18.1 Å². The van der Waals surface area contributed by atoms with Crippen molar-refractivity contribution in [2.75, 3.05) is 19.5 Å². The predicted molar refractivity (Wildman–Crippen MR) is 77.2 cm³/mol. The quantitative estimate of drug-likeness (QED) is 0.672. The highest BCUT2D eigenvalue weighted by Crippen LogP contribution is 2.30. The second-order valence-corrected chi connectivity index (χ2v) is 5.29.